The summed E-state index contributed by atoms with van der Waals surface area (Å²) in [4.78, 5) is 18.7. The van der Waals surface area contributed by atoms with Crippen molar-refractivity contribution in [1.29, 1.82) is 5.26 Å². The van der Waals surface area contributed by atoms with Gasteiger partial charge < -0.3 is 4.98 Å². The van der Waals surface area contributed by atoms with Gasteiger partial charge in [0.25, 0.3) is 5.91 Å². The van der Waals surface area contributed by atoms with Crippen molar-refractivity contribution < 1.29 is 9.63 Å². The third-order valence-corrected chi connectivity index (χ3v) is 1.60. The number of hydrogen-bond donors (Lipinski definition) is 1. The summed E-state index contributed by atoms with van der Waals surface area (Å²) in [5, 5.41) is 9.58. The van der Waals surface area contributed by atoms with E-state index in [0.29, 0.717) is 11.3 Å². The first-order valence-electron chi connectivity index (χ1n) is 3.59. The number of hydroxylamine groups is 2. The Balaban J connectivity index is 2.84. The van der Waals surface area contributed by atoms with Gasteiger partial charge in [0, 0.05) is 13.2 Å². The van der Waals surface area contributed by atoms with Crippen molar-refractivity contribution in [3.05, 3.63) is 23.5 Å². The number of carbonyl (C=O) groups excluding carboxylic acids is 1. The second kappa shape index (κ2) is 3.74. The lowest BCUT2D eigenvalue weighted by atomic mass is 10.3. The molecule has 1 N–H and O–H groups in total. The molecule has 13 heavy (non-hydrogen) atoms. The van der Waals surface area contributed by atoms with Gasteiger partial charge in [-0.3, -0.25) is 9.63 Å². The molecule has 0 radical (unpaired) electrons. The Hall–Kier alpha value is -1.80. The summed E-state index contributed by atoms with van der Waals surface area (Å²) in [6.07, 6.45) is 1.47. The number of carbonyl (C=O) groups is 1. The summed E-state index contributed by atoms with van der Waals surface area (Å²) in [7, 11) is 2.89. The lowest BCUT2D eigenvalue weighted by molar-refractivity contribution is -0.0760. The summed E-state index contributed by atoms with van der Waals surface area (Å²) in [5.74, 6) is -0.316. The predicted molar refractivity (Wildman–Crippen MR) is 44.6 cm³/mol. The molecule has 0 spiro atoms. The highest BCUT2D eigenvalue weighted by molar-refractivity contribution is 5.91. The minimum absolute atomic E-state index is 0.316. The lowest BCUT2D eigenvalue weighted by Gasteiger charge is -2.11. The summed E-state index contributed by atoms with van der Waals surface area (Å²) in [6.45, 7) is 0. The van der Waals surface area contributed by atoms with Crippen LogP contribution in [0.15, 0.2) is 12.3 Å². The molecule has 1 aromatic rings. The van der Waals surface area contributed by atoms with Gasteiger partial charge in [-0.1, -0.05) is 0 Å². The van der Waals surface area contributed by atoms with Gasteiger partial charge >= 0.3 is 0 Å². The molecule has 0 aliphatic carbocycles. The molecule has 0 aliphatic rings. The average Bonchev–Trinajstić information content (AvgIpc) is 2.63. The zero-order valence-electron chi connectivity index (χ0n) is 7.37. The zero-order valence-corrected chi connectivity index (χ0v) is 7.37. The van der Waals surface area contributed by atoms with Crippen LogP contribution in [-0.4, -0.2) is 30.1 Å². The van der Waals surface area contributed by atoms with Crippen LogP contribution in [0.25, 0.3) is 0 Å². The summed E-state index contributed by atoms with van der Waals surface area (Å²) in [6, 6.07) is 3.39. The van der Waals surface area contributed by atoms with Crippen molar-refractivity contribution in [1.82, 2.24) is 10.0 Å². The molecular formula is C8H9N3O2. The molecule has 1 rings (SSSR count). The standard InChI is InChI=1S/C8H9N3O2/c1-11(13-2)8(12)7-3-6(4-9)5-10-7/h3,5,10H,1-2H3. The highest BCUT2D eigenvalue weighted by atomic mass is 16.7. The van der Waals surface area contributed by atoms with Gasteiger partial charge in [0.05, 0.1) is 12.7 Å². The van der Waals surface area contributed by atoms with Crippen LogP contribution >= 0.6 is 0 Å². The normalized spacial score (nSPS) is 9.31. The molecule has 0 atom stereocenters. The van der Waals surface area contributed by atoms with E-state index in [0.717, 1.165) is 5.06 Å². The lowest BCUT2D eigenvalue weighted by Crippen LogP contribution is -2.25. The molecule has 0 aromatic carbocycles. The Kier molecular flexibility index (Phi) is 2.67. The zero-order chi connectivity index (χ0) is 9.84. The van der Waals surface area contributed by atoms with Crippen LogP contribution in [0.1, 0.15) is 16.1 Å². The highest BCUT2D eigenvalue weighted by Gasteiger charge is 2.12. The minimum Gasteiger partial charge on any atom is -0.356 e. The fourth-order valence-electron chi connectivity index (χ4n) is 0.835. The number of aromatic amines is 1. The molecule has 0 unspecified atom stereocenters. The molecule has 0 fully saturated rings. The minimum atomic E-state index is -0.316. The Labute approximate surface area is 75.5 Å². The molecular weight excluding hydrogens is 170 g/mol. The molecule has 5 heteroatoms. The third kappa shape index (κ3) is 1.86. The molecule has 0 saturated heterocycles. The highest BCUT2D eigenvalue weighted by Crippen LogP contribution is 2.04. The largest absolute Gasteiger partial charge is 0.356 e. The van der Waals surface area contributed by atoms with Gasteiger partial charge in [-0.05, 0) is 6.07 Å². The Bertz CT molecular complexity index is 351. The molecule has 1 aromatic heterocycles. The van der Waals surface area contributed by atoms with E-state index >= 15 is 0 Å². The second-order valence-corrected chi connectivity index (χ2v) is 2.40. The first-order valence-corrected chi connectivity index (χ1v) is 3.59. The van der Waals surface area contributed by atoms with E-state index in [-0.39, 0.29) is 5.91 Å². The maximum atomic E-state index is 11.4. The molecule has 68 valence electrons. The van der Waals surface area contributed by atoms with Crippen LogP contribution in [0, 0.1) is 11.3 Å². The quantitative estimate of drug-likeness (QED) is 0.673. The summed E-state index contributed by atoms with van der Waals surface area (Å²) in [5.41, 5.74) is 0.758. The van der Waals surface area contributed by atoms with Gasteiger partial charge in [0.15, 0.2) is 0 Å². The number of amides is 1. The Morgan fingerprint density at radius 2 is 2.46 bits per heavy atom. The molecule has 0 bridgehead atoms. The van der Waals surface area contributed by atoms with Gasteiger partial charge in [-0.15, -0.1) is 0 Å². The maximum absolute atomic E-state index is 11.4. The van der Waals surface area contributed by atoms with E-state index in [2.05, 4.69) is 4.98 Å². The van der Waals surface area contributed by atoms with E-state index < -0.39 is 0 Å². The first-order chi connectivity index (χ1) is 6.19. The number of hydrogen-bond acceptors (Lipinski definition) is 3. The Morgan fingerprint density at radius 3 is 2.92 bits per heavy atom. The van der Waals surface area contributed by atoms with Crippen molar-refractivity contribution >= 4 is 5.91 Å². The van der Waals surface area contributed by atoms with Crippen molar-refractivity contribution in [2.45, 2.75) is 0 Å². The smallest absolute Gasteiger partial charge is 0.293 e. The monoisotopic (exact) mass is 179 g/mol. The van der Waals surface area contributed by atoms with E-state index in [1.807, 2.05) is 6.07 Å². The average molecular weight is 179 g/mol. The number of nitrogens with one attached hydrogen (secondary N) is 1. The number of nitriles is 1. The molecule has 0 aliphatic heterocycles. The fraction of sp³-hybridized carbons (Fsp3) is 0.250. The van der Waals surface area contributed by atoms with Crippen LogP contribution < -0.4 is 0 Å². The van der Waals surface area contributed by atoms with Gasteiger partial charge in [-0.25, -0.2) is 5.06 Å². The van der Waals surface area contributed by atoms with E-state index in [4.69, 9.17) is 10.1 Å². The Morgan fingerprint density at radius 1 is 1.77 bits per heavy atom. The SMILES string of the molecule is CON(C)C(=O)c1cc(C#N)c[nH]1. The maximum Gasteiger partial charge on any atom is 0.293 e. The molecule has 0 saturated carbocycles. The van der Waals surface area contributed by atoms with Crippen LogP contribution in [0.2, 0.25) is 0 Å². The van der Waals surface area contributed by atoms with E-state index in [1.54, 1.807) is 0 Å². The van der Waals surface area contributed by atoms with E-state index in [1.165, 1.54) is 26.4 Å². The number of nitrogens with zero attached hydrogens (tertiary/aromatic N) is 2. The van der Waals surface area contributed by atoms with Gasteiger partial charge in [0.2, 0.25) is 0 Å². The number of aromatic nitrogens is 1. The van der Waals surface area contributed by atoms with E-state index in [9.17, 15) is 4.79 Å². The van der Waals surface area contributed by atoms with Crippen LogP contribution in [0.5, 0.6) is 0 Å². The number of H-pyrrole nitrogens is 1. The van der Waals surface area contributed by atoms with Gasteiger partial charge in [0.1, 0.15) is 11.8 Å². The summed E-state index contributed by atoms with van der Waals surface area (Å²) < 4.78 is 0. The van der Waals surface area contributed by atoms with Crippen LogP contribution in [-0.2, 0) is 4.84 Å². The molecule has 5 nitrogen and oxygen atoms in total. The summed E-state index contributed by atoms with van der Waals surface area (Å²) >= 11 is 0. The van der Waals surface area contributed by atoms with Crippen molar-refractivity contribution in [2.24, 2.45) is 0 Å². The second-order valence-electron chi connectivity index (χ2n) is 2.40. The fourth-order valence-corrected chi connectivity index (χ4v) is 0.835. The van der Waals surface area contributed by atoms with Crippen molar-refractivity contribution in [3.63, 3.8) is 0 Å². The first kappa shape index (κ1) is 9.29. The topological polar surface area (TPSA) is 69.1 Å². The van der Waals surface area contributed by atoms with Crippen LogP contribution in [0.3, 0.4) is 0 Å². The number of rotatable bonds is 2. The predicted octanol–water partition coefficient (Wildman–Crippen LogP) is 0.520. The van der Waals surface area contributed by atoms with Gasteiger partial charge in [-0.2, -0.15) is 5.26 Å². The van der Waals surface area contributed by atoms with Crippen molar-refractivity contribution in [3.8, 4) is 6.07 Å². The van der Waals surface area contributed by atoms with Crippen LogP contribution in [0.4, 0.5) is 0 Å². The molecule has 1 heterocycles. The molecule has 1 amide bonds. The third-order valence-electron chi connectivity index (χ3n) is 1.60. The van der Waals surface area contributed by atoms with Crippen molar-refractivity contribution in [2.75, 3.05) is 14.2 Å².